The van der Waals surface area contributed by atoms with Crippen molar-refractivity contribution in [2.75, 3.05) is 11.4 Å². The summed E-state index contributed by atoms with van der Waals surface area (Å²) in [5, 5.41) is 0. The van der Waals surface area contributed by atoms with E-state index in [0.29, 0.717) is 0 Å². The zero-order valence-electron chi connectivity index (χ0n) is 10.0. The third-order valence-corrected chi connectivity index (χ3v) is 3.39. The summed E-state index contributed by atoms with van der Waals surface area (Å²) in [5.74, 6) is 0. The third kappa shape index (κ3) is 1.30. The van der Waals surface area contributed by atoms with Gasteiger partial charge in [-0.15, -0.1) is 0 Å². The van der Waals surface area contributed by atoms with Crippen molar-refractivity contribution in [2.45, 2.75) is 33.1 Å². The summed E-state index contributed by atoms with van der Waals surface area (Å²) < 4.78 is 0. The second-order valence-corrected chi connectivity index (χ2v) is 4.56. The van der Waals surface area contributed by atoms with Gasteiger partial charge in [0.2, 0.25) is 0 Å². The summed E-state index contributed by atoms with van der Waals surface area (Å²) in [4.78, 5) is 2.41. The highest BCUT2D eigenvalue weighted by molar-refractivity contribution is 5.70. The standard InChI is InChI=1S/C14H19N/c1-5-13-14(3,4)11-9-7-8-10-12(11)15(13)6-2/h5,7-10H,6H2,1-4H3/b13-5+. The molecule has 0 bridgehead atoms. The highest BCUT2D eigenvalue weighted by atomic mass is 15.2. The summed E-state index contributed by atoms with van der Waals surface area (Å²) >= 11 is 0. The van der Waals surface area contributed by atoms with Gasteiger partial charge in [0, 0.05) is 23.3 Å². The van der Waals surface area contributed by atoms with Crippen LogP contribution in [0.2, 0.25) is 0 Å². The molecule has 0 atom stereocenters. The Bertz CT molecular complexity index is 402. The van der Waals surface area contributed by atoms with E-state index in [2.05, 4.69) is 62.9 Å². The topological polar surface area (TPSA) is 3.24 Å². The van der Waals surface area contributed by atoms with Crippen molar-refractivity contribution in [1.82, 2.24) is 0 Å². The Morgan fingerprint density at radius 3 is 2.53 bits per heavy atom. The van der Waals surface area contributed by atoms with E-state index in [-0.39, 0.29) is 5.41 Å². The predicted octanol–water partition coefficient (Wildman–Crippen LogP) is 3.71. The maximum absolute atomic E-state index is 2.41. The molecule has 0 unspecified atom stereocenters. The Kier molecular flexibility index (Phi) is 2.34. The van der Waals surface area contributed by atoms with Gasteiger partial charge in [-0.05, 0) is 25.5 Å². The second-order valence-electron chi connectivity index (χ2n) is 4.56. The van der Waals surface area contributed by atoms with Gasteiger partial charge in [0.1, 0.15) is 0 Å². The molecule has 0 N–H and O–H groups in total. The van der Waals surface area contributed by atoms with Crippen LogP contribution in [0.3, 0.4) is 0 Å². The van der Waals surface area contributed by atoms with Gasteiger partial charge in [0.05, 0.1) is 0 Å². The minimum Gasteiger partial charge on any atom is -0.345 e. The van der Waals surface area contributed by atoms with Gasteiger partial charge < -0.3 is 4.90 Å². The Morgan fingerprint density at radius 2 is 1.93 bits per heavy atom. The number of benzene rings is 1. The normalized spacial score (nSPS) is 20.8. The van der Waals surface area contributed by atoms with Crippen LogP contribution in [0, 0.1) is 0 Å². The van der Waals surface area contributed by atoms with Gasteiger partial charge in [-0.2, -0.15) is 0 Å². The Balaban J connectivity index is 2.65. The molecule has 0 amide bonds. The van der Waals surface area contributed by atoms with Crippen LogP contribution in [0.25, 0.3) is 0 Å². The van der Waals surface area contributed by atoms with Crippen molar-refractivity contribution in [3.8, 4) is 0 Å². The number of hydrogen-bond donors (Lipinski definition) is 0. The zero-order valence-corrected chi connectivity index (χ0v) is 10.0. The molecule has 15 heavy (non-hydrogen) atoms. The molecule has 1 heteroatoms. The molecule has 2 rings (SSSR count). The molecule has 0 radical (unpaired) electrons. The van der Waals surface area contributed by atoms with Gasteiger partial charge in [-0.25, -0.2) is 0 Å². The van der Waals surface area contributed by atoms with Crippen molar-refractivity contribution < 1.29 is 0 Å². The van der Waals surface area contributed by atoms with Crippen molar-refractivity contribution in [3.05, 3.63) is 41.6 Å². The van der Waals surface area contributed by atoms with Gasteiger partial charge in [0.25, 0.3) is 0 Å². The molecule has 0 aromatic heterocycles. The number of nitrogens with zero attached hydrogens (tertiary/aromatic N) is 1. The van der Waals surface area contributed by atoms with E-state index < -0.39 is 0 Å². The highest BCUT2D eigenvalue weighted by Gasteiger charge is 2.38. The van der Waals surface area contributed by atoms with Crippen LogP contribution in [0.15, 0.2) is 36.0 Å². The van der Waals surface area contributed by atoms with Crippen molar-refractivity contribution in [2.24, 2.45) is 0 Å². The van der Waals surface area contributed by atoms with E-state index in [4.69, 9.17) is 0 Å². The molecule has 1 heterocycles. The van der Waals surface area contributed by atoms with Crippen LogP contribution >= 0.6 is 0 Å². The summed E-state index contributed by atoms with van der Waals surface area (Å²) in [7, 11) is 0. The lowest BCUT2D eigenvalue weighted by Gasteiger charge is -2.25. The first-order valence-electron chi connectivity index (χ1n) is 5.66. The van der Waals surface area contributed by atoms with Crippen LogP contribution < -0.4 is 4.90 Å². The van der Waals surface area contributed by atoms with Crippen LogP contribution in [-0.2, 0) is 5.41 Å². The van der Waals surface area contributed by atoms with Crippen LogP contribution in [-0.4, -0.2) is 6.54 Å². The average molecular weight is 201 g/mol. The van der Waals surface area contributed by atoms with E-state index in [0.717, 1.165) is 6.54 Å². The molecule has 1 nitrogen and oxygen atoms in total. The van der Waals surface area contributed by atoms with Gasteiger partial charge in [-0.1, -0.05) is 38.1 Å². The first-order valence-corrected chi connectivity index (χ1v) is 5.66. The Labute approximate surface area is 92.4 Å². The van der Waals surface area contributed by atoms with E-state index in [1.165, 1.54) is 16.9 Å². The fourth-order valence-corrected chi connectivity index (χ4v) is 2.70. The number of hydrogen-bond acceptors (Lipinski definition) is 1. The number of rotatable bonds is 1. The first kappa shape index (κ1) is 10.3. The van der Waals surface area contributed by atoms with E-state index in [1.54, 1.807) is 0 Å². The lowest BCUT2D eigenvalue weighted by molar-refractivity contribution is 0.632. The summed E-state index contributed by atoms with van der Waals surface area (Å²) in [6.45, 7) is 9.99. The summed E-state index contributed by atoms with van der Waals surface area (Å²) in [5.41, 5.74) is 4.39. The van der Waals surface area contributed by atoms with Crippen molar-refractivity contribution >= 4 is 5.69 Å². The van der Waals surface area contributed by atoms with Gasteiger partial charge >= 0.3 is 0 Å². The maximum Gasteiger partial charge on any atom is 0.0450 e. The summed E-state index contributed by atoms with van der Waals surface area (Å²) in [6.07, 6.45) is 2.24. The largest absolute Gasteiger partial charge is 0.345 e. The lowest BCUT2D eigenvalue weighted by Crippen LogP contribution is -2.25. The Hall–Kier alpha value is -1.24. The molecule has 1 aromatic carbocycles. The fraction of sp³-hybridized carbons (Fsp3) is 0.429. The monoisotopic (exact) mass is 201 g/mol. The quantitative estimate of drug-likeness (QED) is 0.669. The minimum atomic E-state index is 0.154. The van der Waals surface area contributed by atoms with Crippen LogP contribution in [0.1, 0.15) is 33.3 Å². The van der Waals surface area contributed by atoms with E-state index >= 15 is 0 Å². The molecule has 0 saturated carbocycles. The first-order chi connectivity index (χ1) is 7.12. The molecule has 0 fully saturated rings. The van der Waals surface area contributed by atoms with E-state index in [9.17, 15) is 0 Å². The zero-order chi connectivity index (χ0) is 11.1. The molecule has 1 aromatic rings. The molecule has 1 aliphatic heterocycles. The van der Waals surface area contributed by atoms with Gasteiger partial charge in [0.15, 0.2) is 0 Å². The number of para-hydroxylation sites is 1. The van der Waals surface area contributed by atoms with Gasteiger partial charge in [-0.3, -0.25) is 0 Å². The van der Waals surface area contributed by atoms with E-state index in [1.807, 2.05) is 0 Å². The minimum absolute atomic E-state index is 0.154. The van der Waals surface area contributed by atoms with Crippen molar-refractivity contribution in [3.63, 3.8) is 0 Å². The SMILES string of the molecule is C/C=C1/N(CC)c2ccccc2C1(C)C. The molecule has 0 aliphatic carbocycles. The summed E-state index contributed by atoms with van der Waals surface area (Å²) in [6, 6.07) is 8.72. The predicted molar refractivity (Wildman–Crippen MR) is 66.2 cm³/mol. The fourth-order valence-electron chi connectivity index (χ4n) is 2.70. The highest BCUT2D eigenvalue weighted by Crippen LogP contribution is 2.47. The maximum atomic E-state index is 2.41. The number of allylic oxidation sites excluding steroid dienone is 2. The number of likely N-dealkylation sites (N-methyl/N-ethyl adjacent to an activating group) is 1. The molecule has 0 saturated heterocycles. The Morgan fingerprint density at radius 1 is 1.27 bits per heavy atom. The molecule has 1 aliphatic rings. The average Bonchev–Trinajstić information content (AvgIpc) is 2.46. The number of fused-ring (bicyclic) bond motifs is 1. The van der Waals surface area contributed by atoms with Crippen LogP contribution in [0.4, 0.5) is 5.69 Å². The lowest BCUT2D eigenvalue weighted by atomic mass is 9.84. The smallest absolute Gasteiger partial charge is 0.0450 e. The number of anilines is 1. The molecular weight excluding hydrogens is 182 g/mol. The second kappa shape index (κ2) is 3.41. The third-order valence-electron chi connectivity index (χ3n) is 3.39. The van der Waals surface area contributed by atoms with Crippen molar-refractivity contribution in [1.29, 1.82) is 0 Å². The molecule has 80 valence electrons. The van der Waals surface area contributed by atoms with Crippen LogP contribution in [0.5, 0.6) is 0 Å². The molecule has 0 spiro atoms. The molecular formula is C14H19N.